The average molecular weight is 917 g/mol. The van der Waals surface area contributed by atoms with E-state index in [1.807, 2.05) is 0 Å². The van der Waals surface area contributed by atoms with E-state index in [4.69, 9.17) is 9.47 Å². The maximum atomic E-state index is 5.94. The number of aromatic nitrogens is 4. The number of fused-ring (bicyclic) bond motifs is 8. The third-order valence-electron chi connectivity index (χ3n) is 15.1. The third kappa shape index (κ3) is 11.2. The van der Waals surface area contributed by atoms with Gasteiger partial charge in [0.1, 0.15) is 34.6 Å². The van der Waals surface area contributed by atoms with Crippen LogP contribution in [0.15, 0.2) is 48.5 Å². The Morgan fingerprint density at radius 1 is 0.397 bits per heavy atom. The molecule has 0 amide bonds. The van der Waals surface area contributed by atoms with Crippen LogP contribution in [0.1, 0.15) is 232 Å². The molecule has 6 heteroatoms. The first kappa shape index (κ1) is 50.5. The van der Waals surface area contributed by atoms with Crippen LogP contribution in [0.2, 0.25) is 0 Å². The second-order valence-electron chi connectivity index (χ2n) is 19.8. The molecule has 0 spiro atoms. The Morgan fingerprint density at radius 2 is 0.676 bits per heavy atom. The fraction of sp³-hybridized carbons (Fsp3) is 0.484. The molecular weight excluding hydrogens is 833 g/mol. The van der Waals surface area contributed by atoms with Crippen molar-refractivity contribution < 1.29 is 9.47 Å². The lowest BCUT2D eigenvalue weighted by atomic mass is 9.86. The Hall–Kier alpha value is -5.36. The molecule has 6 aromatic rings. The molecule has 0 saturated carbocycles. The highest BCUT2D eigenvalue weighted by Crippen LogP contribution is 2.44. The first-order valence-electron chi connectivity index (χ1n) is 26.8. The smallest absolute Gasteiger partial charge is 0.153 e. The van der Waals surface area contributed by atoms with Gasteiger partial charge < -0.3 is 29.4 Å². The monoisotopic (exact) mass is 917 g/mol. The van der Waals surface area contributed by atoms with Crippen molar-refractivity contribution in [1.82, 2.24) is 19.9 Å². The number of hydrogen-bond acceptors (Lipinski definition) is 2. The molecule has 6 nitrogen and oxygen atoms in total. The molecule has 4 aromatic heterocycles. The molecule has 4 N–H and O–H groups in total. The first-order chi connectivity index (χ1) is 33.2. The highest BCUT2D eigenvalue weighted by atomic mass is 16.5. The molecule has 1 aliphatic heterocycles. The van der Waals surface area contributed by atoms with Gasteiger partial charge in [-0.25, -0.2) is 0 Å². The van der Waals surface area contributed by atoms with E-state index in [9.17, 15) is 0 Å². The Balaban J connectivity index is 1.54. The normalized spacial score (nSPS) is 12.4. The second-order valence-corrected chi connectivity index (χ2v) is 19.8. The number of hydrogen-bond donors (Lipinski definition) is 4. The van der Waals surface area contributed by atoms with Gasteiger partial charge >= 0.3 is 0 Å². The molecule has 0 atom stereocenters. The zero-order valence-corrected chi connectivity index (χ0v) is 43.7. The lowest BCUT2D eigenvalue weighted by Gasteiger charge is -2.15. The minimum Gasteiger partial charge on any atom is -0.489 e. The highest BCUT2D eigenvalue weighted by Gasteiger charge is 2.35. The summed E-state index contributed by atoms with van der Waals surface area (Å²) in [5.74, 6) is 4.13. The van der Waals surface area contributed by atoms with Crippen molar-refractivity contribution in [2.24, 2.45) is 0 Å². The van der Waals surface area contributed by atoms with Crippen molar-refractivity contribution in [2.75, 3.05) is 14.2 Å². The topological polar surface area (TPSA) is 81.6 Å². The molecule has 2 aromatic carbocycles. The Bertz CT molecular complexity index is 2220. The van der Waals surface area contributed by atoms with Crippen LogP contribution >= 0.6 is 0 Å². The number of benzene rings is 2. The van der Waals surface area contributed by atoms with E-state index in [1.165, 1.54) is 179 Å². The summed E-state index contributed by atoms with van der Waals surface area (Å²) in [7, 11) is 3.56. The van der Waals surface area contributed by atoms with Gasteiger partial charge in [0, 0.05) is 24.3 Å². The Morgan fingerprint density at radius 3 is 0.926 bits per heavy atom. The largest absolute Gasteiger partial charge is 0.489 e. The Kier molecular flexibility index (Phi) is 18.0. The molecule has 5 heterocycles. The quantitative estimate of drug-likeness (QED) is 0.0360. The lowest BCUT2D eigenvalue weighted by molar-refractivity contribution is 0.414. The summed E-state index contributed by atoms with van der Waals surface area (Å²) in [6.07, 6.45) is 28.5. The molecule has 1 aliphatic rings. The third-order valence-corrected chi connectivity index (χ3v) is 15.1. The van der Waals surface area contributed by atoms with Crippen molar-refractivity contribution in [1.29, 1.82) is 0 Å². The molecule has 0 unspecified atom stereocenters. The van der Waals surface area contributed by atoms with Crippen LogP contribution in [0.25, 0.3) is 0 Å². The van der Waals surface area contributed by atoms with Crippen molar-refractivity contribution in [3.8, 4) is 11.5 Å². The van der Waals surface area contributed by atoms with Gasteiger partial charge in [0.2, 0.25) is 0 Å². The minimum atomic E-state index is 0.862. The SMILES string of the molecule is CCCCCCc1c2[nH]c(c1C)[C+](c1cccc(OC)c1)c1[nH]c(c(CCCCCC)c1C)[CH-]c1[nH]c(c(C)c1CCCCCC)[C+](c1cccc(OC)c1)c1[nH]c(c(CCCCCC)c1C)[CH-]2. The maximum Gasteiger partial charge on any atom is 0.153 e. The predicted octanol–water partition coefficient (Wildman–Crippen LogP) is 16.3. The fourth-order valence-electron chi connectivity index (χ4n) is 11.0. The summed E-state index contributed by atoms with van der Waals surface area (Å²) in [4.78, 5) is 16.7. The van der Waals surface area contributed by atoms with Gasteiger partial charge in [-0.3, -0.25) is 0 Å². The summed E-state index contributed by atoms with van der Waals surface area (Å²) in [5, 5.41) is 0. The van der Waals surface area contributed by atoms with E-state index in [0.717, 1.165) is 74.0 Å². The number of methoxy groups -OCH3 is 2. The van der Waals surface area contributed by atoms with E-state index < -0.39 is 0 Å². The number of unbranched alkanes of at least 4 members (excludes halogenated alkanes) is 12. The van der Waals surface area contributed by atoms with Gasteiger partial charge in [0.15, 0.2) is 11.5 Å². The van der Waals surface area contributed by atoms with Crippen LogP contribution < -0.4 is 9.47 Å². The van der Waals surface area contributed by atoms with Crippen LogP contribution in [0.4, 0.5) is 0 Å². The minimum absolute atomic E-state index is 0.862. The number of H-pyrrole nitrogens is 4. The van der Waals surface area contributed by atoms with Crippen molar-refractivity contribution in [2.45, 2.75) is 184 Å². The van der Waals surface area contributed by atoms with Crippen LogP contribution in [-0.2, 0) is 25.7 Å². The predicted molar refractivity (Wildman–Crippen MR) is 286 cm³/mol. The van der Waals surface area contributed by atoms with Crippen LogP contribution in [0, 0.1) is 52.4 Å². The molecule has 0 radical (unpaired) electrons. The fourth-order valence-corrected chi connectivity index (χ4v) is 11.0. The van der Waals surface area contributed by atoms with E-state index in [-0.39, 0.29) is 0 Å². The molecular formula is C62H84N4O2. The average Bonchev–Trinajstić information content (AvgIpc) is 4.03. The van der Waals surface area contributed by atoms with E-state index in [0.29, 0.717) is 0 Å². The molecule has 0 aliphatic carbocycles. The zero-order chi connectivity index (χ0) is 48.2. The number of rotatable bonds is 24. The summed E-state index contributed by atoms with van der Waals surface area (Å²) in [5.41, 5.74) is 22.8. The van der Waals surface area contributed by atoms with Crippen molar-refractivity contribution in [3.63, 3.8) is 0 Å². The maximum absolute atomic E-state index is 5.94. The lowest BCUT2D eigenvalue weighted by Crippen LogP contribution is -2.10. The molecule has 0 fully saturated rings. The summed E-state index contributed by atoms with van der Waals surface area (Å²) < 4.78 is 11.9. The van der Waals surface area contributed by atoms with Crippen LogP contribution in [0.3, 0.4) is 0 Å². The van der Waals surface area contributed by atoms with Gasteiger partial charge in [0.25, 0.3) is 0 Å². The molecule has 8 bridgehead atoms. The van der Waals surface area contributed by atoms with Gasteiger partial charge in [-0.05, 0) is 74.2 Å². The zero-order valence-electron chi connectivity index (χ0n) is 43.7. The van der Waals surface area contributed by atoms with Crippen molar-refractivity contribution in [3.05, 3.63) is 174 Å². The van der Waals surface area contributed by atoms with E-state index in [1.54, 1.807) is 14.2 Å². The first-order valence-corrected chi connectivity index (χ1v) is 26.8. The molecule has 68 heavy (non-hydrogen) atoms. The summed E-state index contributed by atoms with van der Waals surface area (Å²) >= 11 is 0. The number of aromatic amines is 4. The van der Waals surface area contributed by atoms with Crippen molar-refractivity contribution >= 4 is 0 Å². The molecule has 0 saturated heterocycles. The van der Waals surface area contributed by atoms with Gasteiger partial charge in [-0.2, -0.15) is 0 Å². The van der Waals surface area contributed by atoms with Crippen LogP contribution in [0.5, 0.6) is 11.5 Å². The number of ether oxygens (including phenoxy) is 2. The van der Waals surface area contributed by atoms with E-state index >= 15 is 0 Å². The highest BCUT2D eigenvalue weighted by molar-refractivity contribution is 5.67. The molecule has 364 valence electrons. The van der Waals surface area contributed by atoms with Gasteiger partial charge in [-0.15, -0.1) is 12.8 Å². The van der Waals surface area contributed by atoms with Gasteiger partial charge in [0.05, 0.1) is 25.3 Å². The summed E-state index contributed by atoms with van der Waals surface area (Å²) in [6, 6.07) is 17.4. The van der Waals surface area contributed by atoms with Gasteiger partial charge in [-0.1, -0.05) is 201 Å². The van der Waals surface area contributed by atoms with E-state index in [2.05, 4.69) is 137 Å². The Labute approximate surface area is 411 Å². The number of nitrogens with one attached hydrogen (secondary N) is 4. The van der Waals surface area contributed by atoms with Crippen LogP contribution in [-0.4, -0.2) is 34.2 Å². The summed E-state index contributed by atoms with van der Waals surface area (Å²) in [6.45, 7) is 18.7. The second kappa shape index (κ2) is 24.3. The standard InChI is InChI=1S/C62H84N4O2/c1-11-15-19-23-33-49-41(5)59-57(45-29-27-31-47(37-45)67-9)60-43(7)51(35-25-21-17-13-3)55(65-60)40-56-52(36-26-22-18-14-4)44(8)62(66-56)58(46-30-28-32-48(38-46)68-10)61-42(6)50(34-24-20-16-12-2)54(64-61)39-53(49)63-59/h27-32,37-40,63-66H,11-26,33-36H2,1-10H3. The molecule has 7 rings (SSSR count).